The largest absolute Gasteiger partial charge is 0.494 e. The Kier molecular flexibility index (Phi) is 4.48. The number of rotatable bonds is 6. The molecule has 0 saturated heterocycles. The van der Waals surface area contributed by atoms with E-state index in [1.807, 2.05) is 31.2 Å². The van der Waals surface area contributed by atoms with Gasteiger partial charge in [0.2, 0.25) is 5.91 Å². The molecule has 0 aliphatic heterocycles. The van der Waals surface area contributed by atoms with Crippen LogP contribution >= 0.6 is 11.6 Å². The van der Waals surface area contributed by atoms with Gasteiger partial charge in [0, 0.05) is 12.2 Å². The first-order valence-corrected chi connectivity index (χ1v) is 6.87. The molecule has 0 bridgehead atoms. The predicted octanol–water partition coefficient (Wildman–Crippen LogP) is 3.07. The van der Waals surface area contributed by atoms with E-state index in [0.29, 0.717) is 12.5 Å². The summed E-state index contributed by atoms with van der Waals surface area (Å²) in [5, 5.41) is 0. The average molecular weight is 268 g/mol. The Morgan fingerprint density at radius 3 is 2.56 bits per heavy atom. The van der Waals surface area contributed by atoms with Crippen LogP contribution in [0.2, 0.25) is 0 Å². The molecule has 1 amide bonds. The molecule has 1 saturated carbocycles. The van der Waals surface area contributed by atoms with E-state index in [-0.39, 0.29) is 11.8 Å². The number of nitrogens with zero attached hydrogens (tertiary/aromatic N) is 1. The number of hydrogen-bond donors (Lipinski definition) is 0. The van der Waals surface area contributed by atoms with Crippen molar-refractivity contribution in [1.29, 1.82) is 0 Å². The minimum Gasteiger partial charge on any atom is -0.494 e. The van der Waals surface area contributed by atoms with Gasteiger partial charge in [-0.15, -0.1) is 11.6 Å². The zero-order valence-electron chi connectivity index (χ0n) is 10.6. The smallest absolute Gasteiger partial charge is 0.241 e. The third-order valence-corrected chi connectivity index (χ3v) is 3.24. The molecule has 2 rings (SSSR count). The van der Waals surface area contributed by atoms with E-state index in [1.165, 1.54) is 12.8 Å². The van der Waals surface area contributed by atoms with Crippen LogP contribution in [0, 0.1) is 5.92 Å². The van der Waals surface area contributed by atoms with Crippen LogP contribution in [-0.4, -0.2) is 24.9 Å². The summed E-state index contributed by atoms with van der Waals surface area (Å²) in [6.07, 6.45) is 2.42. The van der Waals surface area contributed by atoms with Crippen molar-refractivity contribution in [3.8, 4) is 5.75 Å². The van der Waals surface area contributed by atoms with Gasteiger partial charge in [0.15, 0.2) is 0 Å². The van der Waals surface area contributed by atoms with Crippen LogP contribution in [0.15, 0.2) is 24.3 Å². The highest BCUT2D eigenvalue weighted by atomic mass is 35.5. The van der Waals surface area contributed by atoms with E-state index in [0.717, 1.165) is 18.0 Å². The molecule has 1 aliphatic rings. The van der Waals surface area contributed by atoms with Gasteiger partial charge < -0.3 is 9.64 Å². The minimum absolute atomic E-state index is 0.0277. The Morgan fingerprint density at radius 2 is 2.06 bits per heavy atom. The summed E-state index contributed by atoms with van der Waals surface area (Å²) in [6, 6.07) is 7.61. The van der Waals surface area contributed by atoms with Crippen LogP contribution in [0.25, 0.3) is 0 Å². The summed E-state index contributed by atoms with van der Waals surface area (Å²) in [7, 11) is 0. The van der Waals surface area contributed by atoms with Gasteiger partial charge in [0.1, 0.15) is 11.6 Å². The Morgan fingerprint density at radius 1 is 1.39 bits per heavy atom. The second-order valence-electron chi connectivity index (χ2n) is 4.51. The normalized spacial score (nSPS) is 14.3. The van der Waals surface area contributed by atoms with Crippen molar-refractivity contribution in [3.05, 3.63) is 24.3 Å². The van der Waals surface area contributed by atoms with Crippen molar-refractivity contribution in [2.75, 3.05) is 23.9 Å². The highest BCUT2D eigenvalue weighted by molar-refractivity contribution is 6.29. The topological polar surface area (TPSA) is 29.5 Å². The third-order valence-electron chi connectivity index (χ3n) is 3.01. The first-order chi connectivity index (χ1) is 8.74. The van der Waals surface area contributed by atoms with Crippen LogP contribution < -0.4 is 9.64 Å². The summed E-state index contributed by atoms with van der Waals surface area (Å²) in [5.41, 5.74) is 0.899. The molecular weight excluding hydrogens is 250 g/mol. The van der Waals surface area contributed by atoms with Gasteiger partial charge in [-0.3, -0.25) is 4.79 Å². The Bertz CT molecular complexity index is 401. The lowest BCUT2D eigenvalue weighted by molar-refractivity contribution is -0.116. The predicted molar refractivity (Wildman–Crippen MR) is 73.4 cm³/mol. The lowest BCUT2D eigenvalue weighted by atomic mass is 10.2. The van der Waals surface area contributed by atoms with Crippen molar-refractivity contribution in [2.24, 2.45) is 5.92 Å². The summed E-state index contributed by atoms with van der Waals surface area (Å²) in [6.45, 7) is 3.37. The number of alkyl halides is 1. The first kappa shape index (κ1) is 13.2. The van der Waals surface area contributed by atoms with Crippen LogP contribution in [0.5, 0.6) is 5.75 Å². The fraction of sp³-hybridized carbons (Fsp3) is 0.500. The van der Waals surface area contributed by atoms with Crippen LogP contribution in [0.4, 0.5) is 5.69 Å². The van der Waals surface area contributed by atoms with Gasteiger partial charge in [0.05, 0.1) is 6.61 Å². The molecule has 1 aliphatic carbocycles. The van der Waals surface area contributed by atoms with E-state index in [1.54, 1.807) is 4.90 Å². The highest BCUT2D eigenvalue weighted by Gasteiger charge is 2.27. The monoisotopic (exact) mass is 267 g/mol. The van der Waals surface area contributed by atoms with Crippen molar-refractivity contribution in [1.82, 2.24) is 0 Å². The van der Waals surface area contributed by atoms with Crippen LogP contribution in [0.3, 0.4) is 0 Å². The van der Waals surface area contributed by atoms with Crippen molar-refractivity contribution in [3.63, 3.8) is 0 Å². The van der Waals surface area contributed by atoms with Gasteiger partial charge in [-0.25, -0.2) is 0 Å². The molecule has 0 radical (unpaired) electrons. The number of carbonyl (C=O) groups is 1. The van der Waals surface area contributed by atoms with Gasteiger partial charge in [-0.05, 0) is 49.9 Å². The molecule has 3 nitrogen and oxygen atoms in total. The fourth-order valence-corrected chi connectivity index (χ4v) is 2.02. The molecule has 0 aromatic heterocycles. The van der Waals surface area contributed by atoms with Crippen LogP contribution in [-0.2, 0) is 4.79 Å². The second kappa shape index (κ2) is 6.10. The van der Waals surface area contributed by atoms with Crippen molar-refractivity contribution < 1.29 is 9.53 Å². The maximum atomic E-state index is 11.8. The highest BCUT2D eigenvalue weighted by Crippen LogP contribution is 2.32. The number of anilines is 1. The summed E-state index contributed by atoms with van der Waals surface area (Å²) >= 11 is 5.67. The van der Waals surface area contributed by atoms with E-state index in [4.69, 9.17) is 16.3 Å². The molecule has 0 atom stereocenters. The fourth-order valence-electron chi connectivity index (χ4n) is 1.87. The van der Waals surface area contributed by atoms with Gasteiger partial charge in [-0.1, -0.05) is 0 Å². The number of amides is 1. The number of benzene rings is 1. The maximum Gasteiger partial charge on any atom is 0.241 e. The van der Waals surface area contributed by atoms with E-state index in [2.05, 4.69) is 0 Å². The van der Waals surface area contributed by atoms with E-state index >= 15 is 0 Å². The number of ether oxygens (including phenoxy) is 1. The Balaban J connectivity index is 2.10. The van der Waals surface area contributed by atoms with Crippen LogP contribution in [0.1, 0.15) is 19.8 Å². The number of hydrogen-bond acceptors (Lipinski definition) is 2. The lowest BCUT2D eigenvalue weighted by Gasteiger charge is -2.22. The summed E-state index contributed by atoms with van der Waals surface area (Å²) in [5.74, 6) is 1.46. The number of halogens is 1. The zero-order valence-corrected chi connectivity index (χ0v) is 11.3. The Labute approximate surface area is 113 Å². The van der Waals surface area contributed by atoms with E-state index in [9.17, 15) is 4.79 Å². The van der Waals surface area contributed by atoms with Gasteiger partial charge in [-0.2, -0.15) is 0 Å². The van der Waals surface area contributed by atoms with Gasteiger partial charge in [0.25, 0.3) is 0 Å². The first-order valence-electron chi connectivity index (χ1n) is 6.33. The quantitative estimate of drug-likeness (QED) is 0.742. The molecule has 1 aromatic rings. The van der Waals surface area contributed by atoms with Crippen molar-refractivity contribution in [2.45, 2.75) is 19.8 Å². The Hall–Kier alpha value is -1.22. The molecule has 4 heteroatoms. The maximum absolute atomic E-state index is 11.8. The second-order valence-corrected chi connectivity index (χ2v) is 4.78. The standard InChI is InChI=1S/C14H18ClNO2/c1-2-18-13-7-5-12(6-8-13)16(14(17)9-15)10-11-3-4-11/h5-8,11H,2-4,9-10H2,1H3. The molecule has 18 heavy (non-hydrogen) atoms. The number of carbonyl (C=O) groups excluding carboxylic acids is 1. The molecule has 0 unspecified atom stereocenters. The molecule has 0 N–H and O–H groups in total. The average Bonchev–Trinajstić information content (AvgIpc) is 3.21. The summed E-state index contributed by atoms with van der Waals surface area (Å²) < 4.78 is 5.39. The molecule has 1 fully saturated rings. The summed E-state index contributed by atoms with van der Waals surface area (Å²) in [4.78, 5) is 13.6. The molecular formula is C14H18ClNO2. The third kappa shape index (κ3) is 3.39. The SMILES string of the molecule is CCOc1ccc(N(CC2CC2)C(=O)CCl)cc1. The lowest BCUT2D eigenvalue weighted by Crippen LogP contribution is -2.33. The molecule has 98 valence electrons. The van der Waals surface area contributed by atoms with E-state index < -0.39 is 0 Å². The molecule has 0 spiro atoms. The van der Waals surface area contributed by atoms with Gasteiger partial charge >= 0.3 is 0 Å². The minimum atomic E-state index is -0.0345. The van der Waals surface area contributed by atoms with Crippen molar-refractivity contribution >= 4 is 23.2 Å². The molecule has 1 aromatic carbocycles. The zero-order chi connectivity index (χ0) is 13.0. The molecule has 0 heterocycles.